The van der Waals surface area contributed by atoms with E-state index >= 15 is 0 Å². The molecule has 0 amide bonds. The fourth-order valence-corrected chi connectivity index (χ4v) is 2.16. The molecular formula is C10H20N2O. The molecule has 0 radical (unpaired) electrons. The molecule has 0 aliphatic carbocycles. The van der Waals surface area contributed by atoms with E-state index in [1.807, 2.05) is 0 Å². The lowest BCUT2D eigenvalue weighted by Crippen LogP contribution is -2.59. The van der Waals surface area contributed by atoms with Crippen LogP contribution in [0.15, 0.2) is 0 Å². The standard InChI is InChI=1S/C10H20N2O/c1-8(9-3-4-13-7-9)12(2)10-5-11-6-10/h8-11H,3-7H2,1-2H3. The number of ether oxygens (including phenoxy) is 1. The number of nitrogens with zero attached hydrogens (tertiary/aromatic N) is 1. The molecule has 2 atom stereocenters. The maximum atomic E-state index is 5.42. The maximum absolute atomic E-state index is 5.42. The lowest BCUT2D eigenvalue weighted by atomic mass is 9.97. The summed E-state index contributed by atoms with van der Waals surface area (Å²) >= 11 is 0. The Morgan fingerprint density at radius 1 is 1.46 bits per heavy atom. The molecule has 3 heteroatoms. The zero-order chi connectivity index (χ0) is 9.26. The van der Waals surface area contributed by atoms with Crippen LogP contribution in [0.1, 0.15) is 13.3 Å². The fraction of sp³-hybridized carbons (Fsp3) is 1.00. The molecule has 2 aliphatic heterocycles. The van der Waals surface area contributed by atoms with Crippen molar-refractivity contribution in [2.75, 3.05) is 33.4 Å². The smallest absolute Gasteiger partial charge is 0.0509 e. The third-order valence-electron chi connectivity index (χ3n) is 3.63. The predicted octanol–water partition coefficient (Wildman–Crippen LogP) is 0.315. The monoisotopic (exact) mass is 184 g/mol. The third-order valence-corrected chi connectivity index (χ3v) is 3.63. The topological polar surface area (TPSA) is 24.5 Å². The fourth-order valence-electron chi connectivity index (χ4n) is 2.16. The van der Waals surface area contributed by atoms with Crippen LogP contribution in [0, 0.1) is 5.92 Å². The molecule has 0 aromatic carbocycles. The molecule has 3 nitrogen and oxygen atoms in total. The molecule has 2 fully saturated rings. The first-order chi connectivity index (χ1) is 6.29. The Kier molecular flexibility index (Phi) is 2.86. The molecule has 0 saturated carbocycles. The number of hydrogen-bond donors (Lipinski definition) is 1. The van der Waals surface area contributed by atoms with Crippen molar-refractivity contribution in [1.82, 2.24) is 10.2 Å². The summed E-state index contributed by atoms with van der Waals surface area (Å²) in [5, 5.41) is 3.31. The molecule has 1 N–H and O–H groups in total. The average Bonchev–Trinajstić information content (AvgIpc) is 2.51. The Hall–Kier alpha value is -0.120. The molecule has 2 aliphatic rings. The summed E-state index contributed by atoms with van der Waals surface area (Å²) in [5.41, 5.74) is 0. The van der Waals surface area contributed by atoms with Gasteiger partial charge in [0.1, 0.15) is 0 Å². The van der Waals surface area contributed by atoms with Gasteiger partial charge in [-0.1, -0.05) is 0 Å². The lowest BCUT2D eigenvalue weighted by Gasteiger charge is -2.41. The van der Waals surface area contributed by atoms with Crippen molar-refractivity contribution in [2.24, 2.45) is 5.92 Å². The summed E-state index contributed by atoms with van der Waals surface area (Å²) in [7, 11) is 2.24. The Morgan fingerprint density at radius 3 is 2.69 bits per heavy atom. The van der Waals surface area contributed by atoms with Crippen molar-refractivity contribution in [3.8, 4) is 0 Å². The minimum Gasteiger partial charge on any atom is -0.381 e. The van der Waals surface area contributed by atoms with E-state index in [1.165, 1.54) is 6.42 Å². The highest BCUT2D eigenvalue weighted by Gasteiger charge is 2.31. The van der Waals surface area contributed by atoms with Gasteiger partial charge in [-0.15, -0.1) is 0 Å². The number of rotatable bonds is 3. The SMILES string of the molecule is CC(C1CCOC1)N(C)C1CNC1. The van der Waals surface area contributed by atoms with Gasteiger partial charge in [-0.3, -0.25) is 4.90 Å². The zero-order valence-electron chi connectivity index (χ0n) is 8.62. The van der Waals surface area contributed by atoms with Crippen molar-refractivity contribution < 1.29 is 4.74 Å². The van der Waals surface area contributed by atoms with Gasteiger partial charge in [0.2, 0.25) is 0 Å². The van der Waals surface area contributed by atoms with E-state index in [1.54, 1.807) is 0 Å². The zero-order valence-corrected chi connectivity index (χ0v) is 8.62. The summed E-state index contributed by atoms with van der Waals surface area (Å²) in [5.74, 6) is 0.755. The Bertz CT molecular complexity index is 164. The Labute approximate surface area is 80.4 Å². The van der Waals surface area contributed by atoms with Crippen molar-refractivity contribution in [1.29, 1.82) is 0 Å². The van der Waals surface area contributed by atoms with Crippen LogP contribution < -0.4 is 5.32 Å². The van der Waals surface area contributed by atoms with Gasteiger partial charge in [0, 0.05) is 31.8 Å². The van der Waals surface area contributed by atoms with E-state index < -0.39 is 0 Å². The van der Waals surface area contributed by atoms with Crippen LogP contribution >= 0.6 is 0 Å². The minimum absolute atomic E-state index is 0.676. The second kappa shape index (κ2) is 3.95. The molecule has 0 spiro atoms. The number of likely N-dealkylation sites (N-methyl/N-ethyl adjacent to an activating group) is 1. The van der Waals surface area contributed by atoms with E-state index in [4.69, 9.17) is 4.74 Å². The van der Waals surface area contributed by atoms with E-state index in [9.17, 15) is 0 Å². The Morgan fingerprint density at radius 2 is 2.23 bits per heavy atom. The van der Waals surface area contributed by atoms with Crippen LogP contribution in [0.5, 0.6) is 0 Å². The highest BCUT2D eigenvalue weighted by atomic mass is 16.5. The van der Waals surface area contributed by atoms with Gasteiger partial charge < -0.3 is 10.1 Å². The minimum atomic E-state index is 0.676. The molecule has 0 aromatic rings. The molecule has 76 valence electrons. The van der Waals surface area contributed by atoms with E-state index in [2.05, 4.69) is 24.2 Å². The summed E-state index contributed by atoms with van der Waals surface area (Å²) in [6.07, 6.45) is 1.24. The average molecular weight is 184 g/mol. The summed E-state index contributed by atoms with van der Waals surface area (Å²) in [4.78, 5) is 2.51. The van der Waals surface area contributed by atoms with Gasteiger partial charge in [-0.2, -0.15) is 0 Å². The van der Waals surface area contributed by atoms with Gasteiger partial charge in [0.05, 0.1) is 6.61 Å². The third kappa shape index (κ3) is 1.87. The molecule has 2 unspecified atom stereocenters. The van der Waals surface area contributed by atoms with Crippen LogP contribution in [0.3, 0.4) is 0 Å². The van der Waals surface area contributed by atoms with E-state index in [0.717, 1.165) is 38.3 Å². The molecule has 2 heterocycles. The van der Waals surface area contributed by atoms with Crippen molar-refractivity contribution in [3.63, 3.8) is 0 Å². The van der Waals surface area contributed by atoms with Crippen molar-refractivity contribution in [2.45, 2.75) is 25.4 Å². The van der Waals surface area contributed by atoms with Gasteiger partial charge in [0.15, 0.2) is 0 Å². The normalized spacial score (nSPS) is 32.1. The van der Waals surface area contributed by atoms with Gasteiger partial charge in [-0.05, 0) is 26.3 Å². The maximum Gasteiger partial charge on any atom is 0.0509 e. The molecular weight excluding hydrogens is 164 g/mol. The number of nitrogens with one attached hydrogen (secondary N) is 1. The summed E-state index contributed by atoms with van der Waals surface area (Å²) in [6, 6.07) is 1.44. The van der Waals surface area contributed by atoms with Crippen molar-refractivity contribution >= 4 is 0 Å². The first-order valence-electron chi connectivity index (χ1n) is 5.29. The van der Waals surface area contributed by atoms with E-state index in [-0.39, 0.29) is 0 Å². The first-order valence-corrected chi connectivity index (χ1v) is 5.29. The quantitative estimate of drug-likeness (QED) is 0.683. The van der Waals surface area contributed by atoms with Gasteiger partial charge in [0.25, 0.3) is 0 Å². The summed E-state index contributed by atoms with van der Waals surface area (Å²) < 4.78 is 5.42. The highest BCUT2D eigenvalue weighted by Crippen LogP contribution is 2.22. The predicted molar refractivity (Wildman–Crippen MR) is 52.8 cm³/mol. The van der Waals surface area contributed by atoms with Crippen LogP contribution in [0.4, 0.5) is 0 Å². The van der Waals surface area contributed by atoms with Crippen LogP contribution in [0.2, 0.25) is 0 Å². The second-order valence-corrected chi connectivity index (χ2v) is 4.34. The number of hydrogen-bond acceptors (Lipinski definition) is 3. The van der Waals surface area contributed by atoms with Crippen molar-refractivity contribution in [3.05, 3.63) is 0 Å². The largest absolute Gasteiger partial charge is 0.381 e. The van der Waals surface area contributed by atoms with Crippen LogP contribution in [0.25, 0.3) is 0 Å². The molecule has 13 heavy (non-hydrogen) atoms. The molecule has 2 rings (SSSR count). The van der Waals surface area contributed by atoms with Crippen LogP contribution in [-0.2, 0) is 4.74 Å². The first kappa shape index (κ1) is 9.44. The van der Waals surface area contributed by atoms with Gasteiger partial charge in [-0.25, -0.2) is 0 Å². The molecule has 2 saturated heterocycles. The van der Waals surface area contributed by atoms with E-state index in [0.29, 0.717) is 6.04 Å². The lowest BCUT2D eigenvalue weighted by molar-refractivity contribution is 0.0901. The Balaban J connectivity index is 1.83. The van der Waals surface area contributed by atoms with Crippen LogP contribution in [-0.4, -0.2) is 50.3 Å². The highest BCUT2D eigenvalue weighted by molar-refractivity contribution is 4.88. The summed E-state index contributed by atoms with van der Waals surface area (Å²) in [6.45, 7) is 6.58. The second-order valence-electron chi connectivity index (χ2n) is 4.34. The molecule has 0 bridgehead atoms. The molecule has 0 aromatic heterocycles. The van der Waals surface area contributed by atoms with Gasteiger partial charge >= 0.3 is 0 Å².